The Kier molecular flexibility index (Phi) is 7.65. The zero-order chi connectivity index (χ0) is 16.5. The lowest BCUT2D eigenvalue weighted by molar-refractivity contribution is 0.110. The van der Waals surface area contributed by atoms with E-state index in [4.69, 9.17) is 16.3 Å². The van der Waals surface area contributed by atoms with E-state index < -0.39 is 0 Å². The third-order valence-corrected chi connectivity index (χ3v) is 2.83. The molecule has 0 aromatic carbocycles. The number of carbonyl (C=O) groups excluding carboxylic acids is 1. The first-order valence-corrected chi connectivity index (χ1v) is 7.67. The van der Waals surface area contributed by atoms with Crippen LogP contribution < -0.4 is 10.6 Å². The molecule has 1 aromatic rings. The maximum atomic E-state index is 11.6. The summed E-state index contributed by atoms with van der Waals surface area (Å²) in [5.74, 6) is 0.736. The van der Waals surface area contributed by atoms with E-state index in [0.717, 1.165) is 0 Å². The molecule has 0 saturated heterocycles. The third kappa shape index (κ3) is 6.30. The number of nitrogens with zero attached hydrogens (tertiary/aromatic N) is 4. The molecule has 1 amide bonds. The normalized spacial score (nSPS) is 10.5. The second-order valence-corrected chi connectivity index (χ2v) is 5.10. The second kappa shape index (κ2) is 9.24. The Balaban J connectivity index is 2.44. The van der Waals surface area contributed by atoms with Gasteiger partial charge in [0.2, 0.25) is 17.2 Å². The number of anilines is 2. The van der Waals surface area contributed by atoms with Crippen LogP contribution in [0.15, 0.2) is 0 Å². The van der Waals surface area contributed by atoms with Crippen molar-refractivity contribution in [3.63, 3.8) is 0 Å². The van der Waals surface area contributed by atoms with Gasteiger partial charge in [0, 0.05) is 19.1 Å². The zero-order valence-corrected chi connectivity index (χ0v) is 14.1. The van der Waals surface area contributed by atoms with E-state index in [1.165, 1.54) is 0 Å². The van der Waals surface area contributed by atoms with Gasteiger partial charge in [-0.25, -0.2) is 4.79 Å². The number of rotatable bonds is 8. The van der Waals surface area contributed by atoms with Gasteiger partial charge in [-0.2, -0.15) is 15.0 Å². The number of hydrogen-bond acceptors (Lipinski definition) is 7. The highest BCUT2D eigenvalue weighted by Crippen LogP contribution is 2.10. The summed E-state index contributed by atoms with van der Waals surface area (Å²) < 4.78 is 5.14. The quantitative estimate of drug-likeness (QED) is 0.706. The van der Waals surface area contributed by atoms with Gasteiger partial charge in [0.05, 0.1) is 6.54 Å². The summed E-state index contributed by atoms with van der Waals surface area (Å²) in [5, 5.41) is 6.09. The molecule has 0 aliphatic carbocycles. The average Bonchev–Trinajstić information content (AvgIpc) is 2.43. The molecule has 0 aliphatic rings. The summed E-state index contributed by atoms with van der Waals surface area (Å²) in [4.78, 5) is 25.4. The molecule has 0 radical (unpaired) electrons. The number of aromatic nitrogens is 3. The average molecular weight is 331 g/mol. The first-order chi connectivity index (χ1) is 10.5. The summed E-state index contributed by atoms with van der Waals surface area (Å²) in [6, 6.07) is 0.182. The molecule has 0 unspecified atom stereocenters. The maximum Gasteiger partial charge on any atom is 0.409 e. The summed E-state index contributed by atoms with van der Waals surface area (Å²) in [7, 11) is 0. The first-order valence-electron chi connectivity index (χ1n) is 7.29. The minimum atomic E-state index is -0.331. The Bertz CT molecular complexity index is 482. The molecule has 22 heavy (non-hydrogen) atoms. The molecule has 0 atom stereocenters. The number of ether oxygens (including phenoxy) is 1. The lowest BCUT2D eigenvalue weighted by atomic mass is 10.4. The smallest absolute Gasteiger partial charge is 0.409 e. The van der Waals surface area contributed by atoms with Crippen molar-refractivity contribution in [2.24, 2.45) is 0 Å². The fraction of sp³-hybridized carbons (Fsp3) is 0.692. The highest BCUT2D eigenvalue weighted by molar-refractivity contribution is 6.28. The van der Waals surface area contributed by atoms with Crippen molar-refractivity contribution in [1.82, 2.24) is 19.9 Å². The van der Waals surface area contributed by atoms with Crippen LogP contribution in [0, 0.1) is 0 Å². The van der Waals surface area contributed by atoms with Crippen LogP contribution in [0.1, 0.15) is 27.7 Å². The topological polar surface area (TPSA) is 92.3 Å². The van der Waals surface area contributed by atoms with Gasteiger partial charge >= 0.3 is 6.09 Å². The largest absolute Gasteiger partial charge is 0.448 e. The van der Waals surface area contributed by atoms with Gasteiger partial charge in [0.1, 0.15) is 6.61 Å². The van der Waals surface area contributed by atoms with E-state index in [1.54, 1.807) is 4.90 Å². The van der Waals surface area contributed by atoms with Gasteiger partial charge in [-0.1, -0.05) is 0 Å². The Labute approximate surface area is 135 Å². The molecule has 124 valence electrons. The van der Waals surface area contributed by atoms with Crippen molar-refractivity contribution in [1.29, 1.82) is 0 Å². The third-order valence-electron chi connectivity index (χ3n) is 2.66. The Morgan fingerprint density at radius 1 is 1.23 bits per heavy atom. The lowest BCUT2D eigenvalue weighted by Crippen LogP contribution is -2.32. The monoisotopic (exact) mass is 330 g/mol. The van der Waals surface area contributed by atoms with Crippen molar-refractivity contribution in [3.8, 4) is 0 Å². The Morgan fingerprint density at radius 2 is 1.86 bits per heavy atom. The van der Waals surface area contributed by atoms with Crippen LogP contribution in [-0.2, 0) is 4.74 Å². The highest BCUT2D eigenvalue weighted by atomic mass is 35.5. The summed E-state index contributed by atoms with van der Waals surface area (Å²) in [5.41, 5.74) is 0. The van der Waals surface area contributed by atoms with Crippen molar-refractivity contribution in [2.45, 2.75) is 33.7 Å². The van der Waals surface area contributed by atoms with Gasteiger partial charge < -0.3 is 20.3 Å². The predicted molar refractivity (Wildman–Crippen MR) is 86.4 cm³/mol. The zero-order valence-electron chi connectivity index (χ0n) is 13.4. The molecule has 1 heterocycles. The fourth-order valence-electron chi connectivity index (χ4n) is 1.63. The van der Waals surface area contributed by atoms with Crippen molar-refractivity contribution < 1.29 is 9.53 Å². The molecule has 0 spiro atoms. The number of carbonyl (C=O) groups is 1. The Hall–Kier alpha value is -1.83. The maximum absolute atomic E-state index is 11.6. The minimum Gasteiger partial charge on any atom is -0.448 e. The van der Waals surface area contributed by atoms with E-state index in [9.17, 15) is 4.79 Å². The van der Waals surface area contributed by atoms with Crippen molar-refractivity contribution >= 4 is 29.6 Å². The highest BCUT2D eigenvalue weighted by Gasteiger charge is 2.10. The standard InChI is InChI=1S/C13H23ClN6O2/c1-5-20(6-2)13(21)22-8-7-15-11-17-10(14)18-12(19-11)16-9(3)4/h9H,5-8H2,1-4H3,(H2,15,16,17,18,19). The molecule has 1 rings (SSSR count). The van der Waals surface area contributed by atoms with Gasteiger partial charge in [0.15, 0.2) is 0 Å². The van der Waals surface area contributed by atoms with E-state index in [0.29, 0.717) is 31.5 Å². The molecule has 0 bridgehead atoms. The van der Waals surface area contributed by atoms with Crippen LogP contribution in [0.3, 0.4) is 0 Å². The molecule has 8 nitrogen and oxygen atoms in total. The SMILES string of the molecule is CCN(CC)C(=O)OCCNc1nc(Cl)nc(NC(C)C)n1. The van der Waals surface area contributed by atoms with E-state index in [2.05, 4.69) is 25.6 Å². The van der Waals surface area contributed by atoms with Crippen molar-refractivity contribution in [3.05, 3.63) is 5.28 Å². The molecular formula is C13H23ClN6O2. The first kappa shape index (κ1) is 18.2. The Morgan fingerprint density at radius 3 is 2.45 bits per heavy atom. The van der Waals surface area contributed by atoms with Gasteiger partial charge in [-0.15, -0.1) is 0 Å². The van der Waals surface area contributed by atoms with Gasteiger partial charge in [0.25, 0.3) is 0 Å². The van der Waals surface area contributed by atoms with Crippen LogP contribution in [0.25, 0.3) is 0 Å². The second-order valence-electron chi connectivity index (χ2n) is 4.76. The predicted octanol–water partition coefficient (Wildman–Crippen LogP) is 2.24. The lowest BCUT2D eigenvalue weighted by Gasteiger charge is -2.18. The van der Waals surface area contributed by atoms with Crippen LogP contribution >= 0.6 is 11.6 Å². The number of amides is 1. The molecule has 0 fully saturated rings. The van der Waals surface area contributed by atoms with Gasteiger partial charge in [-0.05, 0) is 39.3 Å². The summed E-state index contributed by atoms with van der Waals surface area (Å²) in [6.07, 6.45) is -0.331. The number of halogens is 1. The minimum absolute atomic E-state index is 0.0979. The van der Waals surface area contributed by atoms with Crippen LogP contribution in [0.4, 0.5) is 16.7 Å². The van der Waals surface area contributed by atoms with Crippen molar-refractivity contribution in [2.75, 3.05) is 36.9 Å². The van der Waals surface area contributed by atoms with Gasteiger partial charge in [-0.3, -0.25) is 0 Å². The van der Waals surface area contributed by atoms with Crippen LogP contribution in [-0.4, -0.2) is 58.2 Å². The number of hydrogen-bond donors (Lipinski definition) is 2. The molecule has 0 aliphatic heterocycles. The molecule has 2 N–H and O–H groups in total. The van der Waals surface area contributed by atoms with E-state index in [1.807, 2.05) is 27.7 Å². The summed E-state index contributed by atoms with van der Waals surface area (Å²) in [6.45, 7) is 9.58. The molecule has 9 heteroatoms. The van der Waals surface area contributed by atoms with E-state index >= 15 is 0 Å². The van der Waals surface area contributed by atoms with E-state index in [-0.39, 0.29) is 24.0 Å². The molecule has 0 saturated carbocycles. The van der Waals surface area contributed by atoms with Crippen LogP contribution in [0.2, 0.25) is 5.28 Å². The van der Waals surface area contributed by atoms with Crippen LogP contribution in [0.5, 0.6) is 0 Å². The summed E-state index contributed by atoms with van der Waals surface area (Å²) >= 11 is 5.84. The molecular weight excluding hydrogens is 308 g/mol. The molecule has 1 aromatic heterocycles. The number of nitrogens with one attached hydrogen (secondary N) is 2. The fourth-order valence-corrected chi connectivity index (χ4v) is 1.79.